The van der Waals surface area contributed by atoms with Crippen molar-refractivity contribution in [2.75, 3.05) is 19.7 Å². The molecule has 1 atom stereocenters. The van der Waals surface area contributed by atoms with Crippen LogP contribution in [0.25, 0.3) is 0 Å². The van der Waals surface area contributed by atoms with Gasteiger partial charge in [-0.3, -0.25) is 0 Å². The number of likely N-dealkylation sites (tertiary alicyclic amines) is 1. The van der Waals surface area contributed by atoms with Crippen LogP contribution in [0.2, 0.25) is 0 Å². The number of hydrogen-bond acceptors (Lipinski definition) is 2. The molecule has 2 N–H and O–H groups in total. The molecule has 4 nitrogen and oxygen atoms in total. The summed E-state index contributed by atoms with van der Waals surface area (Å²) in [6.45, 7) is 8.33. The van der Waals surface area contributed by atoms with Gasteiger partial charge in [0.2, 0.25) is 0 Å². The van der Waals surface area contributed by atoms with E-state index in [1.807, 2.05) is 19.1 Å². The first kappa shape index (κ1) is 19.2. The Morgan fingerprint density at radius 3 is 2.77 bits per heavy atom. The highest BCUT2D eigenvalue weighted by molar-refractivity contribution is 14.0. The molecule has 124 valence electrons. The van der Waals surface area contributed by atoms with Gasteiger partial charge < -0.3 is 15.4 Å². The number of rotatable bonds is 5. The Kier molecular flexibility index (Phi) is 8.78. The summed E-state index contributed by atoms with van der Waals surface area (Å²) in [7, 11) is 0. The van der Waals surface area contributed by atoms with Crippen LogP contribution in [0, 0.1) is 5.92 Å². The highest BCUT2D eigenvalue weighted by Crippen LogP contribution is 2.16. The van der Waals surface area contributed by atoms with Gasteiger partial charge in [0, 0.05) is 19.7 Å². The second-order valence-electron chi connectivity index (χ2n) is 5.77. The van der Waals surface area contributed by atoms with Crippen LogP contribution in [0.5, 0.6) is 0 Å². The normalized spacial score (nSPS) is 18.9. The molecule has 1 heterocycles. The predicted molar refractivity (Wildman–Crippen MR) is 102 cm³/mol. The van der Waals surface area contributed by atoms with E-state index in [-0.39, 0.29) is 24.0 Å². The molecule has 1 unspecified atom stereocenters. The van der Waals surface area contributed by atoms with E-state index in [1.165, 1.54) is 24.0 Å². The number of halogens is 1. The van der Waals surface area contributed by atoms with Crippen LogP contribution in [0.4, 0.5) is 0 Å². The van der Waals surface area contributed by atoms with E-state index in [4.69, 9.17) is 10.5 Å². The summed E-state index contributed by atoms with van der Waals surface area (Å²) < 4.78 is 5.51. The lowest BCUT2D eigenvalue weighted by atomic mass is 10.0. The van der Waals surface area contributed by atoms with Crippen LogP contribution in [0.1, 0.15) is 37.8 Å². The molecular formula is C17H28IN3O. The van der Waals surface area contributed by atoms with Crippen LogP contribution in [-0.4, -0.2) is 30.6 Å². The van der Waals surface area contributed by atoms with E-state index in [9.17, 15) is 0 Å². The number of benzene rings is 1. The zero-order valence-electron chi connectivity index (χ0n) is 13.6. The molecule has 2 rings (SSSR count). The summed E-state index contributed by atoms with van der Waals surface area (Å²) in [6, 6.07) is 8.28. The van der Waals surface area contributed by atoms with E-state index in [2.05, 4.69) is 28.9 Å². The predicted octanol–water partition coefficient (Wildman–Crippen LogP) is 3.39. The molecule has 0 radical (unpaired) electrons. The van der Waals surface area contributed by atoms with Gasteiger partial charge in [0.15, 0.2) is 5.96 Å². The smallest absolute Gasteiger partial charge is 0.191 e. The summed E-state index contributed by atoms with van der Waals surface area (Å²) in [5.74, 6) is 1.38. The van der Waals surface area contributed by atoms with E-state index in [1.54, 1.807) is 0 Å². The number of nitrogens with zero attached hydrogens (tertiary/aromatic N) is 2. The molecule has 0 aromatic heterocycles. The summed E-state index contributed by atoms with van der Waals surface area (Å²) in [5, 5.41) is 0. The SMILES string of the molecule is CCOCc1ccccc1CN=C(N)N1CCCC(C)C1.I. The largest absolute Gasteiger partial charge is 0.377 e. The molecule has 1 aromatic carbocycles. The van der Waals surface area contributed by atoms with Gasteiger partial charge >= 0.3 is 0 Å². The van der Waals surface area contributed by atoms with E-state index in [0.29, 0.717) is 25.0 Å². The number of piperidine rings is 1. The minimum absolute atomic E-state index is 0. The highest BCUT2D eigenvalue weighted by atomic mass is 127. The fourth-order valence-electron chi connectivity index (χ4n) is 2.73. The van der Waals surface area contributed by atoms with Gasteiger partial charge in [-0.2, -0.15) is 0 Å². The van der Waals surface area contributed by atoms with Crippen LogP contribution in [-0.2, 0) is 17.9 Å². The molecular weight excluding hydrogens is 389 g/mol. The fourth-order valence-corrected chi connectivity index (χ4v) is 2.73. The molecule has 0 bridgehead atoms. The lowest BCUT2D eigenvalue weighted by Gasteiger charge is -2.31. The molecule has 1 aliphatic rings. The lowest BCUT2D eigenvalue weighted by Crippen LogP contribution is -2.43. The lowest BCUT2D eigenvalue weighted by molar-refractivity contribution is 0.133. The molecule has 1 saturated heterocycles. The van der Waals surface area contributed by atoms with E-state index in [0.717, 1.165) is 19.7 Å². The van der Waals surface area contributed by atoms with Crippen LogP contribution >= 0.6 is 24.0 Å². The topological polar surface area (TPSA) is 50.9 Å². The Morgan fingerprint density at radius 1 is 1.36 bits per heavy atom. The zero-order chi connectivity index (χ0) is 15.1. The Hall–Kier alpha value is -0.820. The average molecular weight is 417 g/mol. The summed E-state index contributed by atoms with van der Waals surface area (Å²) in [6.07, 6.45) is 2.50. The first-order valence-corrected chi connectivity index (χ1v) is 7.90. The summed E-state index contributed by atoms with van der Waals surface area (Å²) in [5.41, 5.74) is 8.54. The molecule has 0 spiro atoms. The number of ether oxygens (including phenoxy) is 1. The third-order valence-corrected chi connectivity index (χ3v) is 3.97. The minimum atomic E-state index is 0. The highest BCUT2D eigenvalue weighted by Gasteiger charge is 2.17. The van der Waals surface area contributed by atoms with Crippen molar-refractivity contribution in [2.45, 2.75) is 39.8 Å². The summed E-state index contributed by atoms with van der Waals surface area (Å²) >= 11 is 0. The van der Waals surface area contributed by atoms with Crippen LogP contribution < -0.4 is 5.73 Å². The van der Waals surface area contributed by atoms with Gasteiger partial charge in [0.05, 0.1) is 13.2 Å². The Bertz CT molecular complexity index is 479. The monoisotopic (exact) mass is 417 g/mol. The fraction of sp³-hybridized carbons (Fsp3) is 0.588. The number of hydrogen-bond donors (Lipinski definition) is 1. The van der Waals surface area contributed by atoms with Gasteiger partial charge in [0.1, 0.15) is 0 Å². The van der Waals surface area contributed by atoms with E-state index < -0.39 is 0 Å². The van der Waals surface area contributed by atoms with Crippen molar-refractivity contribution < 1.29 is 4.74 Å². The van der Waals surface area contributed by atoms with Crippen molar-refractivity contribution in [3.05, 3.63) is 35.4 Å². The number of guanidine groups is 1. The summed E-state index contributed by atoms with van der Waals surface area (Å²) in [4.78, 5) is 6.79. The zero-order valence-corrected chi connectivity index (χ0v) is 16.0. The third-order valence-electron chi connectivity index (χ3n) is 3.97. The molecule has 22 heavy (non-hydrogen) atoms. The van der Waals surface area contributed by atoms with Crippen LogP contribution in [0.3, 0.4) is 0 Å². The van der Waals surface area contributed by atoms with Crippen molar-refractivity contribution in [3.63, 3.8) is 0 Å². The van der Waals surface area contributed by atoms with Gasteiger partial charge in [-0.25, -0.2) is 4.99 Å². The van der Waals surface area contributed by atoms with Gasteiger partial charge in [0.25, 0.3) is 0 Å². The van der Waals surface area contributed by atoms with Crippen molar-refractivity contribution in [3.8, 4) is 0 Å². The van der Waals surface area contributed by atoms with Crippen molar-refractivity contribution in [1.82, 2.24) is 4.90 Å². The first-order valence-electron chi connectivity index (χ1n) is 7.90. The Morgan fingerprint density at radius 2 is 2.09 bits per heavy atom. The number of nitrogens with two attached hydrogens (primary N) is 1. The number of aliphatic imine (C=N–C) groups is 1. The third kappa shape index (κ3) is 5.76. The van der Waals surface area contributed by atoms with Gasteiger partial charge in [-0.05, 0) is 36.8 Å². The van der Waals surface area contributed by atoms with Gasteiger partial charge in [-0.1, -0.05) is 31.2 Å². The van der Waals surface area contributed by atoms with Gasteiger partial charge in [-0.15, -0.1) is 24.0 Å². The van der Waals surface area contributed by atoms with E-state index >= 15 is 0 Å². The maximum atomic E-state index is 6.15. The molecule has 5 heteroatoms. The molecule has 0 saturated carbocycles. The van der Waals surface area contributed by atoms with Crippen molar-refractivity contribution in [2.24, 2.45) is 16.6 Å². The average Bonchev–Trinajstić information content (AvgIpc) is 2.51. The maximum Gasteiger partial charge on any atom is 0.191 e. The van der Waals surface area contributed by atoms with Crippen molar-refractivity contribution in [1.29, 1.82) is 0 Å². The molecule has 0 amide bonds. The van der Waals surface area contributed by atoms with Crippen molar-refractivity contribution >= 4 is 29.9 Å². The quantitative estimate of drug-likeness (QED) is 0.454. The minimum Gasteiger partial charge on any atom is -0.377 e. The Labute approximate surface area is 151 Å². The molecule has 1 aliphatic heterocycles. The molecule has 1 aromatic rings. The Balaban J connectivity index is 0.00000242. The van der Waals surface area contributed by atoms with Crippen LogP contribution in [0.15, 0.2) is 29.3 Å². The second kappa shape index (κ2) is 10.0. The molecule has 1 fully saturated rings. The maximum absolute atomic E-state index is 6.15. The molecule has 0 aliphatic carbocycles. The standard InChI is InChI=1S/C17H27N3O.HI/c1-3-21-13-16-9-5-4-8-15(16)11-19-17(18)20-10-6-7-14(2)12-20;/h4-5,8-9,14H,3,6-7,10-13H2,1-2H3,(H2,18,19);1H. The second-order valence-corrected chi connectivity index (χ2v) is 5.77. The first-order chi connectivity index (χ1) is 10.2.